The third-order valence-corrected chi connectivity index (χ3v) is 12.6. The number of fused-ring (bicyclic) bond motifs is 2. The minimum atomic E-state index is -0.962. The number of benzene rings is 3. The molecule has 3 aromatic rings. The molecule has 0 radical (unpaired) electrons. The van der Waals surface area contributed by atoms with Crippen molar-refractivity contribution in [2.75, 3.05) is 18.5 Å². The van der Waals surface area contributed by atoms with Crippen molar-refractivity contribution < 1.29 is 28.7 Å². The largest absolute Gasteiger partial charge is 0.490 e. The lowest BCUT2D eigenvalue weighted by atomic mass is 9.87. The summed E-state index contributed by atoms with van der Waals surface area (Å²) >= 11 is 6.27. The highest BCUT2D eigenvalue weighted by Gasteiger charge is 2.45. The summed E-state index contributed by atoms with van der Waals surface area (Å²) in [6, 6.07) is 16.1. The topological polar surface area (TPSA) is 133 Å². The molecule has 1 atom stereocenters. The summed E-state index contributed by atoms with van der Waals surface area (Å²) < 4.78 is 6.35. The molecule has 0 aromatic heterocycles. The monoisotopic (exact) mass is 776 g/mol. The maximum Gasteiger partial charge on any atom is 0.262 e. The molecule has 5 aliphatic rings. The smallest absolute Gasteiger partial charge is 0.262 e. The zero-order chi connectivity index (χ0) is 39.1. The molecule has 1 unspecified atom stereocenters. The van der Waals surface area contributed by atoms with Gasteiger partial charge in [-0.05, 0) is 123 Å². The van der Waals surface area contributed by atoms with Crippen LogP contribution < -0.4 is 20.3 Å². The summed E-state index contributed by atoms with van der Waals surface area (Å²) in [5.41, 5.74) is 4.81. The first kappa shape index (κ1) is 37.7. The van der Waals surface area contributed by atoms with Gasteiger partial charge in [-0.15, -0.1) is 0 Å². The summed E-state index contributed by atoms with van der Waals surface area (Å²) in [6.07, 6.45) is 7.99. The van der Waals surface area contributed by atoms with E-state index < -0.39 is 23.8 Å². The van der Waals surface area contributed by atoms with E-state index in [0.29, 0.717) is 52.4 Å². The number of nitrogens with zero attached hydrogens (tertiary/aromatic N) is 4. The number of carbonyl (C=O) groups is 5. The van der Waals surface area contributed by atoms with Crippen LogP contribution in [0.15, 0.2) is 54.6 Å². The van der Waals surface area contributed by atoms with E-state index in [1.807, 2.05) is 48.5 Å². The average molecular weight is 777 g/mol. The number of halogens is 1. The molecular formula is C43H45ClN6O6. The van der Waals surface area contributed by atoms with Gasteiger partial charge in [0.1, 0.15) is 11.8 Å². The van der Waals surface area contributed by atoms with Gasteiger partial charge in [0.25, 0.3) is 17.7 Å². The highest BCUT2D eigenvalue weighted by Crippen LogP contribution is 2.36. The predicted molar refractivity (Wildman–Crippen MR) is 210 cm³/mol. The summed E-state index contributed by atoms with van der Waals surface area (Å²) in [4.78, 5) is 72.8. The van der Waals surface area contributed by atoms with Crippen molar-refractivity contribution in [3.63, 3.8) is 0 Å². The molecule has 3 heterocycles. The Labute approximate surface area is 331 Å². The first-order valence-electron chi connectivity index (χ1n) is 19.6. The number of imide groups is 2. The second-order valence-electron chi connectivity index (χ2n) is 15.9. The first-order valence-corrected chi connectivity index (χ1v) is 20.0. The molecule has 3 aliphatic heterocycles. The van der Waals surface area contributed by atoms with Crippen LogP contribution in [0.25, 0.3) is 4.85 Å². The van der Waals surface area contributed by atoms with Gasteiger partial charge in [-0.3, -0.25) is 39.1 Å². The SMILES string of the molecule is [C-]#[N+]c1ccc(N(C)C2CCC(NC(=O)c3ccc(OC4CCC(CN5Cc6cc7c(cc6C5)C(=O)N(C5CCC(=O)NC5=O)C7=O)CC4)cc3)CC2)cc1Cl. The Kier molecular flexibility index (Phi) is 10.6. The van der Waals surface area contributed by atoms with Crippen LogP contribution in [0.3, 0.4) is 0 Å². The number of nitrogens with one attached hydrogen (secondary N) is 2. The van der Waals surface area contributed by atoms with E-state index in [-0.39, 0.29) is 36.8 Å². The van der Waals surface area contributed by atoms with Gasteiger partial charge in [0, 0.05) is 61.5 Å². The molecular weight excluding hydrogens is 732 g/mol. The standard InChI is InChI=1S/C43H45ClN6O6/c1-45-37-16-11-31(21-36(37)44)48(2)30-9-7-29(8-10-30)46-40(52)26-5-14-33(15-6-26)56-32-12-3-25(4-13-32)22-49-23-27-19-34-35(20-28(27)24-49)43(55)50(42(34)54)38-17-18-39(51)47-41(38)53/h5-6,11,14-16,19-21,25,29-30,32,38H,3-4,7-10,12-13,17-18,22-24H2,2H3,(H,46,52)(H,47,51,53). The van der Waals surface area contributed by atoms with Gasteiger partial charge < -0.3 is 15.0 Å². The Hall–Kier alpha value is -5.25. The number of hydrogen-bond acceptors (Lipinski definition) is 8. The molecule has 2 aliphatic carbocycles. The molecule has 12 nitrogen and oxygen atoms in total. The van der Waals surface area contributed by atoms with Crippen molar-refractivity contribution in [2.24, 2.45) is 5.92 Å². The van der Waals surface area contributed by atoms with Crippen LogP contribution >= 0.6 is 11.6 Å². The number of ether oxygens (including phenoxy) is 1. The third kappa shape index (κ3) is 7.62. The Morgan fingerprint density at radius 1 is 0.893 bits per heavy atom. The van der Waals surface area contributed by atoms with Gasteiger partial charge in [-0.1, -0.05) is 17.7 Å². The number of piperidine rings is 1. The Balaban J connectivity index is 0.763. The number of amides is 5. The third-order valence-electron chi connectivity index (χ3n) is 12.3. The highest BCUT2D eigenvalue weighted by atomic mass is 35.5. The van der Waals surface area contributed by atoms with Crippen molar-refractivity contribution in [1.82, 2.24) is 20.4 Å². The van der Waals surface area contributed by atoms with E-state index >= 15 is 0 Å². The molecule has 1 saturated heterocycles. The number of anilines is 1. The Morgan fingerprint density at radius 2 is 1.55 bits per heavy atom. The number of carbonyl (C=O) groups excluding carboxylic acids is 5. The molecule has 56 heavy (non-hydrogen) atoms. The van der Waals surface area contributed by atoms with E-state index in [2.05, 4.69) is 32.3 Å². The Bertz CT molecular complexity index is 2070. The van der Waals surface area contributed by atoms with Gasteiger partial charge in [-0.25, -0.2) is 4.85 Å². The fraction of sp³-hybridized carbons (Fsp3) is 0.442. The maximum absolute atomic E-state index is 13.3. The second-order valence-corrected chi connectivity index (χ2v) is 16.3. The van der Waals surface area contributed by atoms with Crippen molar-refractivity contribution in [1.29, 1.82) is 0 Å². The van der Waals surface area contributed by atoms with Crippen LogP contribution in [-0.2, 0) is 22.7 Å². The normalized spacial score (nSPS) is 24.9. The van der Waals surface area contributed by atoms with Crippen LogP contribution in [0.4, 0.5) is 11.4 Å². The zero-order valence-corrected chi connectivity index (χ0v) is 32.1. The van der Waals surface area contributed by atoms with E-state index in [4.69, 9.17) is 22.9 Å². The summed E-state index contributed by atoms with van der Waals surface area (Å²) in [7, 11) is 2.06. The van der Waals surface area contributed by atoms with Gasteiger partial charge in [0.15, 0.2) is 0 Å². The molecule has 290 valence electrons. The van der Waals surface area contributed by atoms with Gasteiger partial charge in [-0.2, -0.15) is 0 Å². The molecule has 8 rings (SSSR count). The van der Waals surface area contributed by atoms with E-state index in [0.717, 1.165) is 85.4 Å². The fourth-order valence-corrected chi connectivity index (χ4v) is 9.35. The molecule has 5 amide bonds. The van der Waals surface area contributed by atoms with Gasteiger partial charge in [0.2, 0.25) is 17.5 Å². The summed E-state index contributed by atoms with van der Waals surface area (Å²) in [6.45, 7) is 9.55. The molecule has 2 N–H and O–H groups in total. The minimum Gasteiger partial charge on any atom is -0.490 e. The van der Waals surface area contributed by atoms with E-state index in [1.54, 1.807) is 6.07 Å². The predicted octanol–water partition coefficient (Wildman–Crippen LogP) is 6.42. The van der Waals surface area contributed by atoms with Gasteiger partial charge in [0.05, 0.1) is 23.8 Å². The molecule has 3 fully saturated rings. The van der Waals surface area contributed by atoms with Crippen LogP contribution in [0.1, 0.15) is 106 Å². The van der Waals surface area contributed by atoms with Crippen LogP contribution in [-0.4, -0.2) is 77.2 Å². The maximum atomic E-state index is 13.3. The zero-order valence-electron chi connectivity index (χ0n) is 31.4. The van der Waals surface area contributed by atoms with Crippen molar-refractivity contribution in [3.05, 3.63) is 98.9 Å². The second kappa shape index (κ2) is 15.7. The van der Waals surface area contributed by atoms with Crippen LogP contribution in [0.2, 0.25) is 5.02 Å². The molecule has 0 spiro atoms. The van der Waals surface area contributed by atoms with Crippen molar-refractivity contribution in [2.45, 2.75) is 102 Å². The minimum absolute atomic E-state index is 0.0727. The number of rotatable bonds is 9. The van der Waals surface area contributed by atoms with Crippen molar-refractivity contribution >= 4 is 52.5 Å². The summed E-state index contributed by atoms with van der Waals surface area (Å²) in [5, 5.41) is 5.93. The van der Waals surface area contributed by atoms with Gasteiger partial charge >= 0.3 is 0 Å². The molecule has 2 saturated carbocycles. The lowest BCUT2D eigenvalue weighted by Gasteiger charge is -2.36. The van der Waals surface area contributed by atoms with E-state index in [1.165, 1.54) is 0 Å². The summed E-state index contributed by atoms with van der Waals surface area (Å²) in [5.74, 6) is -0.720. The molecule has 3 aromatic carbocycles. The lowest BCUT2D eigenvalue weighted by molar-refractivity contribution is -0.136. The average Bonchev–Trinajstić information content (AvgIpc) is 3.70. The van der Waals surface area contributed by atoms with E-state index in [9.17, 15) is 24.0 Å². The number of hydrogen-bond donors (Lipinski definition) is 2. The highest BCUT2D eigenvalue weighted by molar-refractivity contribution is 6.33. The first-order chi connectivity index (χ1) is 27.0. The fourth-order valence-electron chi connectivity index (χ4n) is 9.14. The lowest BCUT2D eigenvalue weighted by Crippen LogP contribution is -2.54. The Morgan fingerprint density at radius 3 is 2.16 bits per heavy atom. The molecule has 13 heteroatoms. The van der Waals surface area contributed by atoms with Crippen LogP contribution in [0.5, 0.6) is 5.75 Å². The van der Waals surface area contributed by atoms with Crippen LogP contribution in [0, 0.1) is 12.5 Å². The van der Waals surface area contributed by atoms with Crippen molar-refractivity contribution in [3.8, 4) is 5.75 Å². The molecule has 0 bridgehead atoms. The quantitative estimate of drug-likeness (QED) is 0.188.